The quantitative estimate of drug-likeness (QED) is 0.505. The Morgan fingerprint density at radius 2 is 1.76 bits per heavy atom. The molecule has 186 valence electrons. The summed E-state index contributed by atoms with van der Waals surface area (Å²) in [6.07, 6.45) is 0.974. The zero-order chi connectivity index (χ0) is 25.6. The van der Waals surface area contributed by atoms with E-state index >= 15 is 0 Å². The van der Waals surface area contributed by atoms with Crippen molar-refractivity contribution in [2.24, 2.45) is 0 Å². The van der Waals surface area contributed by atoms with Gasteiger partial charge in [-0.05, 0) is 36.8 Å². The first-order chi connectivity index (χ1) is 15.9. The van der Waals surface area contributed by atoms with E-state index in [0.717, 1.165) is 10.6 Å². The molecule has 0 spiro atoms. The van der Waals surface area contributed by atoms with Crippen molar-refractivity contribution in [1.29, 1.82) is 0 Å². The third-order valence-electron chi connectivity index (χ3n) is 5.10. The van der Waals surface area contributed by atoms with Crippen LogP contribution in [0.1, 0.15) is 12.5 Å². The zero-order valence-corrected chi connectivity index (χ0v) is 21.8. The maximum atomic E-state index is 13.5. The van der Waals surface area contributed by atoms with Crippen molar-refractivity contribution < 1.29 is 27.5 Å². The van der Waals surface area contributed by atoms with Crippen LogP contribution in [0.15, 0.2) is 36.4 Å². The summed E-state index contributed by atoms with van der Waals surface area (Å²) in [5.41, 5.74) is 0.662. The Bertz CT molecular complexity index is 1160. The molecule has 1 N–H and O–H groups in total. The smallest absolute Gasteiger partial charge is 0.244 e. The molecule has 0 aliphatic heterocycles. The Hall–Kier alpha value is -2.69. The normalized spacial score (nSPS) is 12.0. The summed E-state index contributed by atoms with van der Waals surface area (Å²) in [5.74, 6) is -0.452. The first kappa shape index (κ1) is 27.6. The lowest BCUT2D eigenvalue weighted by Crippen LogP contribution is -2.50. The van der Waals surface area contributed by atoms with E-state index in [-0.39, 0.29) is 18.0 Å². The van der Waals surface area contributed by atoms with Gasteiger partial charge in [0.05, 0.1) is 26.2 Å². The first-order valence-corrected chi connectivity index (χ1v) is 12.7. The molecule has 0 aliphatic carbocycles. The van der Waals surface area contributed by atoms with Gasteiger partial charge < -0.3 is 19.7 Å². The number of carbonyl (C=O) groups excluding carboxylic acids is 2. The van der Waals surface area contributed by atoms with E-state index in [2.05, 4.69) is 5.32 Å². The number of nitrogens with zero attached hydrogens (tertiary/aromatic N) is 2. The minimum absolute atomic E-state index is 0.0454. The molecule has 34 heavy (non-hydrogen) atoms. The van der Waals surface area contributed by atoms with Crippen molar-refractivity contribution in [3.63, 3.8) is 0 Å². The van der Waals surface area contributed by atoms with Gasteiger partial charge in [0.2, 0.25) is 21.8 Å². The second-order valence-electron chi connectivity index (χ2n) is 7.36. The highest BCUT2D eigenvalue weighted by molar-refractivity contribution is 7.92. The van der Waals surface area contributed by atoms with Crippen LogP contribution in [0.3, 0.4) is 0 Å². The Morgan fingerprint density at radius 3 is 2.29 bits per heavy atom. The number of sulfonamides is 1. The molecule has 2 aromatic rings. The predicted molar refractivity (Wildman–Crippen MR) is 132 cm³/mol. The summed E-state index contributed by atoms with van der Waals surface area (Å²) in [7, 11) is 0.329. The van der Waals surface area contributed by atoms with Crippen molar-refractivity contribution in [2.75, 3.05) is 38.4 Å². The number of carbonyl (C=O) groups is 2. The van der Waals surface area contributed by atoms with Crippen LogP contribution in [0.2, 0.25) is 10.0 Å². The minimum atomic E-state index is -3.94. The van der Waals surface area contributed by atoms with Crippen molar-refractivity contribution in [1.82, 2.24) is 10.2 Å². The Kier molecular flexibility index (Phi) is 9.43. The molecule has 0 aromatic heterocycles. The van der Waals surface area contributed by atoms with Gasteiger partial charge >= 0.3 is 0 Å². The second kappa shape index (κ2) is 11.6. The fraction of sp³-hybridized carbons (Fsp3) is 0.364. The highest BCUT2D eigenvalue weighted by atomic mass is 35.5. The molecule has 0 saturated heterocycles. The molecule has 0 heterocycles. The fourth-order valence-corrected chi connectivity index (χ4v) is 4.52. The van der Waals surface area contributed by atoms with E-state index in [9.17, 15) is 18.0 Å². The third-order valence-corrected chi connectivity index (χ3v) is 6.82. The van der Waals surface area contributed by atoms with Crippen molar-refractivity contribution in [3.8, 4) is 11.5 Å². The number of benzene rings is 2. The van der Waals surface area contributed by atoms with Crippen LogP contribution in [0.25, 0.3) is 0 Å². The number of hydrogen-bond donors (Lipinski definition) is 1. The Labute approximate surface area is 209 Å². The molecule has 0 saturated carbocycles. The summed E-state index contributed by atoms with van der Waals surface area (Å²) in [6, 6.07) is 8.45. The maximum Gasteiger partial charge on any atom is 0.244 e. The molecule has 2 rings (SSSR count). The lowest BCUT2D eigenvalue weighted by atomic mass is 10.1. The number of nitrogens with one attached hydrogen (secondary N) is 1. The largest absolute Gasteiger partial charge is 0.497 e. The molecule has 2 aromatic carbocycles. The van der Waals surface area contributed by atoms with Gasteiger partial charge in [-0.2, -0.15) is 0 Å². The molecule has 0 fully saturated rings. The second-order valence-corrected chi connectivity index (χ2v) is 10.1. The van der Waals surface area contributed by atoms with Gasteiger partial charge in [-0.1, -0.05) is 29.3 Å². The highest BCUT2D eigenvalue weighted by Gasteiger charge is 2.31. The number of ether oxygens (including phenoxy) is 2. The van der Waals surface area contributed by atoms with Crippen LogP contribution in [0.4, 0.5) is 5.69 Å². The molecule has 0 aliphatic rings. The van der Waals surface area contributed by atoms with Crippen LogP contribution in [0.5, 0.6) is 11.5 Å². The Balaban J connectivity index is 2.50. The van der Waals surface area contributed by atoms with E-state index in [0.29, 0.717) is 21.4 Å². The van der Waals surface area contributed by atoms with E-state index in [1.165, 1.54) is 51.3 Å². The first-order valence-electron chi connectivity index (χ1n) is 10.1. The number of amides is 2. The van der Waals surface area contributed by atoms with Crippen LogP contribution in [-0.2, 0) is 26.2 Å². The van der Waals surface area contributed by atoms with Crippen LogP contribution < -0.4 is 19.1 Å². The van der Waals surface area contributed by atoms with Gasteiger partial charge in [0.15, 0.2) is 0 Å². The van der Waals surface area contributed by atoms with Gasteiger partial charge in [0.25, 0.3) is 0 Å². The molecule has 0 radical (unpaired) electrons. The average Bonchev–Trinajstić information content (AvgIpc) is 2.79. The van der Waals surface area contributed by atoms with E-state index in [4.69, 9.17) is 32.7 Å². The number of halogens is 2. The maximum absolute atomic E-state index is 13.5. The van der Waals surface area contributed by atoms with E-state index in [1.807, 2.05) is 0 Å². The summed E-state index contributed by atoms with van der Waals surface area (Å²) in [5, 5.41) is 3.23. The van der Waals surface area contributed by atoms with Gasteiger partial charge in [-0.25, -0.2) is 8.42 Å². The topological polar surface area (TPSA) is 105 Å². The fourth-order valence-electron chi connectivity index (χ4n) is 3.21. The number of hydrogen-bond acceptors (Lipinski definition) is 6. The highest BCUT2D eigenvalue weighted by Crippen LogP contribution is 2.34. The molecule has 0 bridgehead atoms. The lowest BCUT2D eigenvalue weighted by molar-refractivity contribution is -0.139. The molecule has 9 nitrogen and oxygen atoms in total. The van der Waals surface area contributed by atoms with Crippen LogP contribution in [0, 0.1) is 0 Å². The molecule has 12 heteroatoms. The number of rotatable bonds is 10. The summed E-state index contributed by atoms with van der Waals surface area (Å²) < 4.78 is 36.8. The van der Waals surface area contributed by atoms with E-state index < -0.39 is 34.4 Å². The van der Waals surface area contributed by atoms with Crippen molar-refractivity contribution in [3.05, 3.63) is 52.0 Å². The average molecular weight is 532 g/mol. The molecule has 2 amide bonds. The predicted octanol–water partition coefficient (Wildman–Crippen LogP) is 2.94. The molecule has 1 atom stereocenters. The van der Waals surface area contributed by atoms with Crippen molar-refractivity contribution >= 4 is 50.7 Å². The monoisotopic (exact) mass is 531 g/mol. The standard InChI is InChI=1S/C22H27Cl2N3O6S/c1-14(22(29)25-2)26(12-15-6-7-16(23)10-18(15)24)21(28)13-27(34(5,30)31)19-11-17(32-3)8-9-20(19)33-4/h6-11,14H,12-13H2,1-5H3,(H,25,29)/t14-/m1/s1. The van der Waals surface area contributed by atoms with E-state index in [1.54, 1.807) is 18.2 Å². The summed E-state index contributed by atoms with van der Waals surface area (Å²) in [4.78, 5) is 27.1. The SMILES string of the molecule is CNC(=O)[C@@H](C)N(Cc1ccc(Cl)cc1Cl)C(=O)CN(c1cc(OC)ccc1OC)S(C)(=O)=O. The van der Waals surface area contributed by atoms with Gasteiger partial charge in [0.1, 0.15) is 24.1 Å². The van der Waals surface area contributed by atoms with Crippen molar-refractivity contribution in [2.45, 2.75) is 19.5 Å². The summed E-state index contributed by atoms with van der Waals surface area (Å²) in [6.45, 7) is 0.905. The number of likely N-dealkylation sites (N-methyl/N-ethyl adjacent to an activating group) is 1. The van der Waals surface area contributed by atoms with Crippen LogP contribution >= 0.6 is 23.2 Å². The molecular weight excluding hydrogens is 505 g/mol. The minimum Gasteiger partial charge on any atom is -0.497 e. The zero-order valence-electron chi connectivity index (χ0n) is 19.5. The van der Waals surface area contributed by atoms with Gasteiger partial charge in [-0.3, -0.25) is 13.9 Å². The third kappa shape index (κ3) is 6.68. The lowest BCUT2D eigenvalue weighted by Gasteiger charge is -2.31. The van der Waals surface area contributed by atoms with Gasteiger partial charge in [0, 0.05) is 29.7 Å². The molecule has 0 unspecified atom stereocenters. The molecular formula is C22H27Cl2N3O6S. The number of methoxy groups -OCH3 is 2. The number of anilines is 1. The van der Waals surface area contributed by atoms with Gasteiger partial charge in [-0.15, -0.1) is 0 Å². The summed E-state index contributed by atoms with van der Waals surface area (Å²) >= 11 is 12.3. The van der Waals surface area contributed by atoms with Crippen LogP contribution in [-0.4, -0.2) is 65.2 Å². The Morgan fingerprint density at radius 1 is 1.09 bits per heavy atom.